The van der Waals surface area contributed by atoms with Gasteiger partial charge in [-0.15, -0.1) is 0 Å². The summed E-state index contributed by atoms with van der Waals surface area (Å²) in [6, 6.07) is 5.17. The van der Waals surface area contributed by atoms with Gasteiger partial charge >= 0.3 is 0 Å². The first-order valence-electron chi connectivity index (χ1n) is 6.94. The zero-order chi connectivity index (χ0) is 14.5. The minimum absolute atomic E-state index is 0.148. The molecule has 0 aliphatic rings. The SMILES string of the molecule is CCNC(COC(C)(C)C)Cc1cc(F)ccc1C. The molecule has 0 fully saturated rings. The van der Waals surface area contributed by atoms with Crippen molar-refractivity contribution in [2.24, 2.45) is 0 Å². The molecule has 3 heteroatoms. The summed E-state index contributed by atoms with van der Waals surface area (Å²) in [6.07, 6.45) is 0.785. The van der Waals surface area contributed by atoms with E-state index in [1.807, 2.05) is 33.8 Å². The molecule has 1 atom stereocenters. The van der Waals surface area contributed by atoms with E-state index in [4.69, 9.17) is 4.74 Å². The largest absolute Gasteiger partial charge is 0.374 e. The number of nitrogens with one attached hydrogen (secondary N) is 1. The Bertz CT molecular complexity index is 398. The first-order chi connectivity index (χ1) is 8.81. The van der Waals surface area contributed by atoms with E-state index in [-0.39, 0.29) is 17.5 Å². The molecule has 0 saturated carbocycles. The number of rotatable bonds is 6. The highest BCUT2D eigenvalue weighted by Gasteiger charge is 2.16. The van der Waals surface area contributed by atoms with Crippen LogP contribution in [-0.4, -0.2) is 24.8 Å². The van der Waals surface area contributed by atoms with Crippen LogP contribution >= 0.6 is 0 Å². The van der Waals surface area contributed by atoms with Gasteiger partial charge in [0.25, 0.3) is 0 Å². The average Bonchev–Trinajstić information content (AvgIpc) is 2.30. The number of halogens is 1. The predicted octanol–water partition coefficient (Wildman–Crippen LogP) is 3.47. The molecule has 0 aliphatic carbocycles. The standard InChI is InChI=1S/C16H26FNO/c1-6-18-15(11-19-16(3,4)5)10-13-9-14(17)8-7-12(13)2/h7-9,15,18H,6,10-11H2,1-5H3. The van der Waals surface area contributed by atoms with E-state index in [2.05, 4.69) is 12.2 Å². The monoisotopic (exact) mass is 267 g/mol. The molecule has 0 aromatic heterocycles. The van der Waals surface area contributed by atoms with Gasteiger partial charge in [-0.05, 0) is 63.9 Å². The first-order valence-corrected chi connectivity index (χ1v) is 6.94. The van der Waals surface area contributed by atoms with Gasteiger partial charge < -0.3 is 10.1 Å². The normalized spacial score (nSPS) is 13.6. The Hall–Kier alpha value is -0.930. The van der Waals surface area contributed by atoms with Crippen LogP contribution in [0.3, 0.4) is 0 Å². The van der Waals surface area contributed by atoms with Crippen LogP contribution in [0.25, 0.3) is 0 Å². The van der Waals surface area contributed by atoms with E-state index in [0.29, 0.717) is 6.61 Å². The molecule has 1 N–H and O–H groups in total. The summed E-state index contributed by atoms with van der Waals surface area (Å²) in [5.41, 5.74) is 2.02. The molecule has 2 nitrogen and oxygen atoms in total. The first kappa shape index (κ1) is 16.1. The topological polar surface area (TPSA) is 21.3 Å². The zero-order valence-electron chi connectivity index (χ0n) is 12.7. The molecule has 1 aromatic rings. The molecule has 0 heterocycles. The number of aryl methyl sites for hydroxylation is 1. The number of ether oxygens (including phenoxy) is 1. The van der Waals surface area contributed by atoms with E-state index in [9.17, 15) is 4.39 Å². The Kier molecular flexibility index (Phi) is 5.95. The lowest BCUT2D eigenvalue weighted by molar-refractivity contribution is -0.0141. The lowest BCUT2D eigenvalue weighted by Gasteiger charge is -2.25. The fraction of sp³-hybridized carbons (Fsp3) is 0.625. The Morgan fingerprint density at radius 1 is 1.32 bits per heavy atom. The van der Waals surface area contributed by atoms with Gasteiger partial charge in [-0.3, -0.25) is 0 Å². The second kappa shape index (κ2) is 7.01. The second-order valence-electron chi connectivity index (χ2n) is 5.95. The highest BCUT2D eigenvalue weighted by molar-refractivity contribution is 5.27. The predicted molar refractivity (Wildman–Crippen MR) is 78.0 cm³/mol. The molecule has 0 aliphatic heterocycles. The van der Waals surface area contributed by atoms with Gasteiger partial charge in [0.2, 0.25) is 0 Å². The summed E-state index contributed by atoms with van der Waals surface area (Å²) in [7, 11) is 0. The third-order valence-corrected chi connectivity index (χ3v) is 2.99. The van der Waals surface area contributed by atoms with E-state index >= 15 is 0 Å². The number of hydrogen-bond donors (Lipinski definition) is 1. The molecule has 19 heavy (non-hydrogen) atoms. The lowest BCUT2D eigenvalue weighted by Crippen LogP contribution is -2.38. The highest BCUT2D eigenvalue weighted by atomic mass is 19.1. The van der Waals surface area contributed by atoms with Crippen molar-refractivity contribution >= 4 is 0 Å². The quantitative estimate of drug-likeness (QED) is 0.852. The Labute approximate surface area is 116 Å². The van der Waals surface area contributed by atoms with Crippen LogP contribution in [0.15, 0.2) is 18.2 Å². The molecular formula is C16H26FNO. The molecule has 108 valence electrons. The van der Waals surface area contributed by atoms with Crippen molar-refractivity contribution in [2.45, 2.75) is 52.7 Å². The van der Waals surface area contributed by atoms with Crippen molar-refractivity contribution in [1.82, 2.24) is 5.32 Å². The third kappa shape index (κ3) is 6.17. The van der Waals surface area contributed by atoms with Crippen molar-refractivity contribution in [2.75, 3.05) is 13.2 Å². The Morgan fingerprint density at radius 2 is 2.00 bits per heavy atom. The van der Waals surface area contributed by atoms with Crippen molar-refractivity contribution < 1.29 is 9.13 Å². The van der Waals surface area contributed by atoms with Crippen molar-refractivity contribution in [3.05, 3.63) is 35.1 Å². The minimum Gasteiger partial charge on any atom is -0.374 e. The smallest absolute Gasteiger partial charge is 0.123 e. The average molecular weight is 267 g/mol. The summed E-state index contributed by atoms with van der Waals surface area (Å²) in [4.78, 5) is 0. The van der Waals surface area contributed by atoms with Crippen molar-refractivity contribution in [1.29, 1.82) is 0 Å². The third-order valence-electron chi connectivity index (χ3n) is 2.99. The second-order valence-corrected chi connectivity index (χ2v) is 5.95. The van der Waals surface area contributed by atoms with Crippen molar-refractivity contribution in [3.8, 4) is 0 Å². The molecule has 0 bridgehead atoms. The molecule has 0 saturated heterocycles. The van der Waals surface area contributed by atoms with Gasteiger partial charge in [0.05, 0.1) is 12.2 Å². The van der Waals surface area contributed by atoms with Gasteiger partial charge in [0.15, 0.2) is 0 Å². The van der Waals surface area contributed by atoms with Gasteiger partial charge in [0, 0.05) is 6.04 Å². The van der Waals surface area contributed by atoms with Gasteiger partial charge in [-0.1, -0.05) is 13.0 Å². The van der Waals surface area contributed by atoms with Crippen LogP contribution in [0.4, 0.5) is 4.39 Å². The summed E-state index contributed by atoms with van der Waals surface area (Å²) in [6.45, 7) is 11.7. The maximum Gasteiger partial charge on any atom is 0.123 e. The maximum atomic E-state index is 13.3. The molecule has 1 aromatic carbocycles. The van der Waals surface area contributed by atoms with Gasteiger partial charge in [-0.25, -0.2) is 4.39 Å². The molecule has 1 unspecified atom stereocenters. The van der Waals surface area contributed by atoms with E-state index in [0.717, 1.165) is 24.1 Å². The number of likely N-dealkylation sites (N-methyl/N-ethyl adjacent to an activating group) is 1. The Balaban J connectivity index is 2.69. The molecule has 0 spiro atoms. The fourth-order valence-corrected chi connectivity index (χ4v) is 1.95. The summed E-state index contributed by atoms with van der Waals surface area (Å²) >= 11 is 0. The molecular weight excluding hydrogens is 241 g/mol. The van der Waals surface area contributed by atoms with E-state index < -0.39 is 0 Å². The fourth-order valence-electron chi connectivity index (χ4n) is 1.95. The highest BCUT2D eigenvalue weighted by Crippen LogP contribution is 2.14. The minimum atomic E-state index is -0.174. The summed E-state index contributed by atoms with van der Waals surface area (Å²) < 4.78 is 19.1. The van der Waals surface area contributed by atoms with Crippen LogP contribution in [0.5, 0.6) is 0 Å². The van der Waals surface area contributed by atoms with Crippen LogP contribution < -0.4 is 5.32 Å². The zero-order valence-corrected chi connectivity index (χ0v) is 12.7. The number of hydrogen-bond acceptors (Lipinski definition) is 2. The van der Waals surface area contributed by atoms with Gasteiger partial charge in [-0.2, -0.15) is 0 Å². The lowest BCUT2D eigenvalue weighted by atomic mass is 10.0. The maximum absolute atomic E-state index is 13.3. The molecule has 0 radical (unpaired) electrons. The van der Waals surface area contributed by atoms with Crippen LogP contribution in [0.2, 0.25) is 0 Å². The van der Waals surface area contributed by atoms with Gasteiger partial charge in [0.1, 0.15) is 5.82 Å². The van der Waals surface area contributed by atoms with Crippen LogP contribution in [-0.2, 0) is 11.2 Å². The summed E-state index contributed by atoms with van der Waals surface area (Å²) in [5.74, 6) is -0.174. The molecule has 0 amide bonds. The van der Waals surface area contributed by atoms with Crippen LogP contribution in [0.1, 0.15) is 38.8 Å². The van der Waals surface area contributed by atoms with E-state index in [1.165, 1.54) is 6.07 Å². The number of benzene rings is 1. The van der Waals surface area contributed by atoms with E-state index in [1.54, 1.807) is 6.07 Å². The molecule has 1 rings (SSSR count). The van der Waals surface area contributed by atoms with Crippen LogP contribution in [0, 0.1) is 12.7 Å². The van der Waals surface area contributed by atoms with Crippen molar-refractivity contribution in [3.63, 3.8) is 0 Å². The Morgan fingerprint density at radius 3 is 2.58 bits per heavy atom. The summed E-state index contributed by atoms with van der Waals surface area (Å²) in [5, 5.41) is 3.40.